The summed E-state index contributed by atoms with van der Waals surface area (Å²) in [5.41, 5.74) is 1.54. The number of para-hydroxylation sites is 1. The summed E-state index contributed by atoms with van der Waals surface area (Å²) >= 11 is 0. The average molecular weight is 352 g/mol. The molecule has 0 fully saturated rings. The minimum Gasteiger partial charge on any atom is -0.322 e. The molecule has 25 heavy (non-hydrogen) atoms. The van der Waals surface area contributed by atoms with Crippen LogP contribution in [0.15, 0.2) is 89.8 Å². The molecule has 0 aliphatic heterocycles. The molecule has 0 aromatic heterocycles. The van der Waals surface area contributed by atoms with Crippen LogP contribution in [0, 0.1) is 0 Å². The van der Waals surface area contributed by atoms with Crippen LogP contribution in [0.2, 0.25) is 0 Å². The Labute approximate surface area is 146 Å². The van der Waals surface area contributed by atoms with E-state index in [4.69, 9.17) is 0 Å². The molecule has 2 N–H and O–H groups in total. The van der Waals surface area contributed by atoms with Gasteiger partial charge in [0.05, 0.1) is 4.90 Å². The Kier molecular flexibility index (Phi) is 4.81. The summed E-state index contributed by atoms with van der Waals surface area (Å²) in [4.78, 5) is 12.2. The Morgan fingerprint density at radius 3 is 1.84 bits per heavy atom. The van der Waals surface area contributed by atoms with Crippen LogP contribution in [0.1, 0.15) is 10.4 Å². The molecule has 1 amide bonds. The zero-order valence-electron chi connectivity index (χ0n) is 13.2. The second-order valence-corrected chi connectivity index (χ2v) is 7.00. The van der Waals surface area contributed by atoms with Gasteiger partial charge in [0, 0.05) is 16.9 Å². The van der Waals surface area contributed by atoms with Gasteiger partial charge in [-0.15, -0.1) is 0 Å². The highest BCUT2D eigenvalue weighted by molar-refractivity contribution is 7.92. The van der Waals surface area contributed by atoms with Crippen LogP contribution in [0.25, 0.3) is 0 Å². The molecule has 3 aromatic rings. The molecule has 0 saturated carbocycles. The Bertz CT molecular complexity index is 955. The molecule has 5 nitrogen and oxygen atoms in total. The van der Waals surface area contributed by atoms with Crippen molar-refractivity contribution in [2.75, 3.05) is 10.0 Å². The van der Waals surface area contributed by atoms with Crippen LogP contribution in [0.5, 0.6) is 0 Å². The molecule has 0 atom stereocenters. The number of carbonyl (C=O) groups is 1. The highest BCUT2D eigenvalue weighted by Gasteiger charge is 2.14. The third kappa shape index (κ3) is 4.24. The molecule has 6 heteroatoms. The maximum atomic E-state index is 12.4. The van der Waals surface area contributed by atoms with E-state index in [9.17, 15) is 13.2 Å². The lowest BCUT2D eigenvalue weighted by Gasteiger charge is -2.09. The first-order valence-electron chi connectivity index (χ1n) is 7.59. The summed E-state index contributed by atoms with van der Waals surface area (Å²) in [6.07, 6.45) is 0. The lowest BCUT2D eigenvalue weighted by molar-refractivity contribution is 0.102. The summed E-state index contributed by atoms with van der Waals surface area (Å²) in [5.74, 6) is -0.251. The normalized spacial score (nSPS) is 10.9. The van der Waals surface area contributed by atoms with Crippen molar-refractivity contribution >= 4 is 27.3 Å². The summed E-state index contributed by atoms with van der Waals surface area (Å²) in [6, 6.07) is 23.5. The highest BCUT2D eigenvalue weighted by atomic mass is 32.2. The number of rotatable bonds is 5. The maximum Gasteiger partial charge on any atom is 0.261 e. The molecule has 0 heterocycles. The van der Waals surface area contributed by atoms with Crippen LogP contribution in [0.3, 0.4) is 0 Å². The Balaban J connectivity index is 1.72. The predicted octanol–water partition coefficient (Wildman–Crippen LogP) is 3.74. The Morgan fingerprint density at radius 2 is 1.24 bits per heavy atom. The van der Waals surface area contributed by atoms with Gasteiger partial charge < -0.3 is 5.32 Å². The van der Waals surface area contributed by atoms with Gasteiger partial charge >= 0.3 is 0 Å². The fraction of sp³-hybridized carbons (Fsp3) is 0. The maximum absolute atomic E-state index is 12.4. The summed E-state index contributed by atoms with van der Waals surface area (Å²) in [7, 11) is -3.67. The van der Waals surface area contributed by atoms with Gasteiger partial charge in [-0.3, -0.25) is 9.52 Å². The van der Waals surface area contributed by atoms with Crippen molar-refractivity contribution in [3.05, 3.63) is 90.5 Å². The molecule has 126 valence electrons. The first-order chi connectivity index (χ1) is 12.0. The van der Waals surface area contributed by atoms with Crippen LogP contribution < -0.4 is 10.0 Å². The summed E-state index contributed by atoms with van der Waals surface area (Å²) in [6.45, 7) is 0. The predicted molar refractivity (Wildman–Crippen MR) is 98.1 cm³/mol. The van der Waals surface area contributed by atoms with Crippen molar-refractivity contribution in [3.63, 3.8) is 0 Å². The largest absolute Gasteiger partial charge is 0.322 e. The zero-order chi connectivity index (χ0) is 17.7. The van der Waals surface area contributed by atoms with Gasteiger partial charge in [0.25, 0.3) is 15.9 Å². The summed E-state index contributed by atoms with van der Waals surface area (Å²) in [5, 5.41) is 2.73. The Hall–Kier alpha value is -3.12. The average Bonchev–Trinajstić information content (AvgIpc) is 2.63. The van der Waals surface area contributed by atoms with Gasteiger partial charge in [-0.05, 0) is 48.5 Å². The van der Waals surface area contributed by atoms with Crippen LogP contribution in [-0.2, 0) is 10.0 Å². The first-order valence-corrected chi connectivity index (χ1v) is 9.07. The third-order valence-electron chi connectivity index (χ3n) is 3.48. The van der Waals surface area contributed by atoms with E-state index in [1.165, 1.54) is 12.1 Å². The van der Waals surface area contributed by atoms with Gasteiger partial charge in [-0.1, -0.05) is 36.4 Å². The highest BCUT2D eigenvalue weighted by Crippen LogP contribution is 2.18. The van der Waals surface area contributed by atoms with Crippen molar-refractivity contribution in [2.45, 2.75) is 4.90 Å². The molecule has 0 unspecified atom stereocenters. The van der Waals surface area contributed by atoms with E-state index in [1.807, 2.05) is 12.1 Å². The summed E-state index contributed by atoms with van der Waals surface area (Å²) < 4.78 is 27.2. The monoisotopic (exact) mass is 352 g/mol. The molecule has 3 aromatic carbocycles. The topological polar surface area (TPSA) is 75.3 Å². The molecule has 3 rings (SSSR count). The van der Waals surface area contributed by atoms with E-state index in [1.54, 1.807) is 60.7 Å². The second-order valence-electron chi connectivity index (χ2n) is 5.32. The minimum atomic E-state index is -3.67. The van der Waals surface area contributed by atoms with Crippen LogP contribution in [-0.4, -0.2) is 14.3 Å². The molecular formula is C19H16N2O3S. The Morgan fingerprint density at radius 1 is 0.680 bits per heavy atom. The van der Waals surface area contributed by atoms with Crippen molar-refractivity contribution in [3.8, 4) is 0 Å². The van der Waals surface area contributed by atoms with Crippen molar-refractivity contribution in [2.24, 2.45) is 0 Å². The van der Waals surface area contributed by atoms with E-state index in [-0.39, 0.29) is 10.8 Å². The van der Waals surface area contributed by atoms with Crippen LogP contribution in [0.4, 0.5) is 11.4 Å². The fourth-order valence-corrected chi connectivity index (χ4v) is 3.29. The number of anilines is 2. The van der Waals surface area contributed by atoms with Gasteiger partial charge in [0.1, 0.15) is 0 Å². The fourth-order valence-electron chi connectivity index (χ4n) is 2.23. The second kappa shape index (κ2) is 7.19. The van der Waals surface area contributed by atoms with Crippen molar-refractivity contribution in [1.29, 1.82) is 0 Å². The number of sulfonamides is 1. The number of hydrogen-bond acceptors (Lipinski definition) is 3. The lowest BCUT2D eigenvalue weighted by atomic mass is 10.2. The lowest BCUT2D eigenvalue weighted by Crippen LogP contribution is -2.14. The van der Waals surface area contributed by atoms with E-state index < -0.39 is 10.0 Å². The van der Waals surface area contributed by atoms with Crippen LogP contribution >= 0.6 is 0 Å². The molecule has 0 radical (unpaired) electrons. The standard InChI is InChI=1S/C19H16N2O3S/c22-19(15-7-3-1-4-8-15)20-16-11-13-18(14-12-16)25(23,24)21-17-9-5-2-6-10-17/h1-14,21H,(H,20,22). The van der Waals surface area contributed by atoms with Gasteiger partial charge in [0.15, 0.2) is 0 Å². The molecule has 0 saturated heterocycles. The molecule has 0 spiro atoms. The third-order valence-corrected chi connectivity index (χ3v) is 4.88. The molecule has 0 aliphatic rings. The van der Waals surface area contributed by atoms with Gasteiger partial charge in [-0.2, -0.15) is 0 Å². The number of benzene rings is 3. The number of nitrogens with one attached hydrogen (secondary N) is 2. The number of amides is 1. The molecule has 0 bridgehead atoms. The van der Waals surface area contributed by atoms with Crippen molar-refractivity contribution in [1.82, 2.24) is 0 Å². The first kappa shape index (κ1) is 16.7. The quantitative estimate of drug-likeness (QED) is 0.734. The van der Waals surface area contributed by atoms with E-state index in [0.29, 0.717) is 16.9 Å². The number of hydrogen-bond donors (Lipinski definition) is 2. The molecular weight excluding hydrogens is 336 g/mol. The van der Waals surface area contributed by atoms with Gasteiger partial charge in [0.2, 0.25) is 0 Å². The molecule has 0 aliphatic carbocycles. The van der Waals surface area contributed by atoms with Gasteiger partial charge in [-0.25, -0.2) is 8.42 Å². The minimum absolute atomic E-state index is 0.120. The van der Waals surface area contributed by atoms with E-state index in [0.717, 1.165) is 0 Å². The SMILES string of the molecule is O=C(Nc1ccc(S(=O)(=O)Nc2ccccc2)cc1)c1ccccc1. The zero-order valence-corrected chi connectivity index (χ0v) is 14.0. The van der Waals surface area contributed by atoms with Crippen molar-refractivity contribution < 1.29 is 13.2 Å². The smallest absolute Gasteiger partial charge is 0.261 e. The van der Waals surface area contributed by atoms with E-state index >= 15 is 0 Å². The van der Waals surface area contributed by atoms with E-state index in [2.05, 4.69) is 10.0 Å². The number of carbonyl (C=O) groups excluding carboxylic acids is 1.